The molecule has 0 radical (unpaired) electrons. The van der Waals surface area contributed by atoms with Crippen molar-refractivity contribution >= 4 is 29.3 Å². The molecule has 0 atom stereocenters. The summed E-state index contributed by atoms with van der Waals surface area (Å²) in [6.45, 7) is 0. The Bertz CT molecular complexity index is 1140. The number of H-pyrrole nitrogens is 1. The molecule has 0 saturated carbocycles. The van der Waals surface area contributed by atoms with E-state index in [1.807, 2.05) is 78.9 Å². The zero-order valence-electron chi connectivity index (χ0n) is 16.2. The molecule has 146 valence electrons. The quantitative estimate of drug-likeness (QED) is 0.349. The number of hydrogen-bond donors (Lipinski definition) is 1. The normalized spacial score (nSPS) is 11.5. The maximum atomic E-state index is 14.3. The molecule has 0 saturated heterocycles. The van der Waals surface area contributed by atoms with E-state index in [0.717, 1.165) is 27.3 Å². The Morgan fingerprint density at radius 1 is 0.862 bits per heavy atom. The van der Waals surface area contributed by atoms with E-state index in [1.165, 1.54) is 7.11 Å². The summed E-state index contributed by atoms with van der Waals surface area (Å²) < 4.78 is 19.1. The summed E-state index contributed by atoms with van der Waals surface area (Å²) in [4.78, 5) is 14.9. The fourth-order valence-corrected chi connectivity index (χ4v) is 6.39. The average Bonchev–Trinajstić information content (AvgIpc) is 3.18. The minimum Gasteiger partial charge on any atom is -0.464 e. The third-order valence-corrected chi connectivity index (χ3v) is 8.01. The first-order chi connectivity index (χ1) is 14.1. The Balaban J connectivity index is 1.77. The van der Waals surface area contributed by atoms with Gasteiger partial charge in [-0.2, -0.15) is 0 Å². The van der Waals surface area contributed by atoms with E-state index >= 15 is 0 Å². The van der Waals surface area contributed by atoms with E-state index in [-0.39, 0.29) is 0 Å². The molecule has 1 aromatic heterocycles. The molecular formula is C24H22NO3P. The smallest absolute Gasteiger partial charge is 0.354 e. The first kappa shape index (κ1) is 19.2. The van der Waals surface area contributed by atoms with E-state index in [2.05, 4.69) is 4.98 Å². The van der Waals surface area contributed by atoms with Crippen LogP contribution in [0, 0.1) is 0 Å². The average molecular weight is 403 g/mol. The summed E-state index contributed by atoms with van der Waals surface area (Å²) >= 11 is 0. The van der Waals surface area contributed by atoms with E-state index < -0.39 is 13.1 Å². The third kappa shape index (κ3) is 4.18. The molecule has 29 heavy (non-hydrogen) atoms. The Morgan fingerprint density at radius 2 is 1.45 bits per heavy atom. The molecule has 4 nitrogen and oxygen atoms in total. The maximum absolute atomic E-state index is 14.3. The number of esters is 1. The number of aromatic nitrogens is 1. The van der Waals surface area contributed by atoms with Gasteiger partial charge in [0.2, 0.25) is 0 Å². The van der Waals surface area contributed by atoms with Gasteiger partial charge in [-0.15, -0.1) is 0 Å². The molecule has 1 heterocycles. The maximum Gasteiger partial charge on any atom is 0.354 e. The van der Waals surface area contributed by atoms with Gasteiger partial charge in [0.15, 0.2) is 0 Å². The highest BCUT2D eigenvalue weighted by molar-refractivity contribution is 7.70. The number of nitrogens with one attached hydrogen (secondary N) is 1. The van der Waals surface area contributed by atoms with E-state index in [4.69, 9.17) is 4.74 Å². The number of carbonyl (C=O) groups is 1. The van der Waals surface area contributed by atoms with Crippen LogP contribution >= 0.6 is 7.14 Å². The van der Waals surface area contributed by atoms with E-state index in [9.17, 15) is 9.36 Å². The number of carbonyl (C=O) groups excluding carboxylic acids is 1. The van der Waals surface area contributed by atoms with Crippen molar-refractivity contribution in [3.8, 4) is 0 Å². The molecule has 3 aromatic carbocycles. The van der Waals surface area contributed by atoms with Crippen LogP contribution in [-0.4, -0.2) is 18.1 Å². The number of methoxy groups -OCH3 is 1. The van der Waals surface area contributed by atoms with Crippen molar-refractivity contribution in [2.45, 2.75) is 12.3 Å². The number of hydrogen-bond acceptors (Lipinski definition) is 3. The van der Waals surface area contributed by atoms with Crippen LogP contribution in [-0.2, 0) is 21.6 Å². The van der Waals surface area contributed by atoms with Crippen molar-refractivity contribution in [2.75, 3.05) is 7.11 Å². The number of benzene rings is 3. The summed E-state index contributed by atoms with van der Waals surface area (Å²) in [7, 11) is -1.42. The molecule has 1 N–H and O–H groups in total. The molecule has 0 aliphatic carbocycles. The molecule has 0 fully saturated rings. The SMILES string of the molecule is COC(=O)c1cc2cc(P(=O)(Cc3ccccc3)Cc3ccccc3)ccc2[nH]1. The number of rotatable bonds is 6. The second kappa shape index (κ2) is 8.10. The monoisotopic (exact) mass is 403 g/mol. The Hall–Kier alpha value is -3.10. The lowest BCUT2D eigenvalue weighted by Crippen LogP contribution is -2.09. The zero-order chi connectivity index (χ0) is 20.3. The van der Waals surface area contributed by atoms with Crippen LogP contribution in [0.25, 0.3) is 10.9 Å². The Morgan fingerprint density at radius 3 is 2.00 bits per heavy atom. The second-order valence-electron chi connectivity index (χ2n) is 7.12. The minimum atomic E-state index is -2.77. The lowest BCUT2D eigenvalue weighted by Gasteiger charge is -2.19. The second-order valence-corrected chi connectivity index (χ2v) is 10.1. The van der Waals surface area contributed by atoms with Gasteiger partial charge in [-0.3, -0.25) is 0 Å². The summed E-state index contributed by atoms with van der Waals surface area (Å²) in [5, 5.41) is 1.66. The predicted octanol–water partition coefficient (Wildman–Crippen LogP) is 5.34. The van der Waals surface area contributed by atoms with Crippen LogP contribution in [0.5, 0.6) is 0 Å². The van der Waals surface area contributed by atoms with Crippen molar-refractivity contribution in [3.63, 3.8) is 0 Å². The summed E-state index contributed by atoms with van der Waals surface area (Å²) in [6, 6.07) is 27.4. The van der Waals surface area contributed by atoms with Crippen molar-refractivity contribution in [2.24, 2.45) is 0 Å². The highest BCUT2D eigenvalue weighted by Crippen LogP contribution is 2.51. The van der Waals surface area contributed by atoms with Crippen molar-refractivity contribution < 1.29 is 14.1 Å². The van der Waals surface area contributed by atoms with Gasteiger partial charge in [-0.1, -0.05) is 60.7 Å². The zero-order valence-corrected chi connectivity index (χ0v) is 17.1. The van der Waals surface area contributed by atoms with Gasteiger partial charge in [0, 0.05) is 28.5 Å². The van der Waals surface area contributed by atoms with E-state index in [1.54, 1.807) is 6.07 Å². The number of fused-ring (bicyclic) bond motifs is 1. The fourth-order valence-electron chi connectivity index (χ4n) is 3.59. The molecule has 0 aliphatic rings. The third-order valence-electron chi connectivity index (χ3n) is 5.04. The topological polar surface area (TPSA) is 59.2 Å². The number of ether oxygens (including phenoxy) is 1. The lowest BCUT2D eigenvalue weighted by molar-refractivity contribution is 0.0595. The van der Waals surface area contributed by atoms with Crippen LogP contribution in [0.15, 0.2) is 84.9 Å². The van der Waals surface area contributed by atoms with Gasteiger partial charge in [0.25, 0.3) is 0 Å². The van der Waals surface area contributed by atoms with E-state index in [0.29, 0.717) is 18.0 Å². The van der Waals surface area contributed by atoms with Gasteiger partial charge in [0.05, 0.1) is 7.11 Å². The fraction of sp³-hybridized carbons (Fsp3) is 0.125. The molecule has 0 bridgehead atoms. The van der Waals surface area contributed by atoms with Gasteiger partial charge >= 0.3 is 5.97 Å². The molecule has 4 rings (SSSR count). The standard InChI is InChI=1S/C24H22NO3P/c1-28-24(26)23-15-20-14-21(12-13-22(20)25-23)29(27,16-18-8-4-2-5-9-18)17-19-10-6-3-7-11-19/h2-15,25H,16-17H2,1H3. The van der Waals surface area contributed by atoms with Crippen molar-refractivity contribution in [1.29, 1.82) is 0 Å². The highest BCUT2D eigenvalue weighted by atomic mass is 31.2. The van der Waals surface area contributed by atoms with Crippen molar-refractivity contribution in [3.05, 3.63) is 102 Å². The molecule has 0 unspecified atom stereocenters. The Labute approximate surface area is 169 Å². The molecule has 4 aromatic rings. The lowest BCUT2D eigenvalue weighted by atomic mass is 10.2. The predicted molar refractivity (Wildman–Crippen MR) is 117 cm³/mol. The summed E-state index contributed by atoms with van der Waals surface area (Å²) in [6.07, 6.45) is 0.977. The minimum absolute atomic E-state index is 0.389. The van der Waals surface area contributed by atoms with Gasteiger partial charge in [0.1, 0.15) is 12.8 Å². The van der Waals surface area contributed by atoms with Crippen LogP contribution < -0.4 is 5.30 Å². The largest absolute Gasteiger partial charge is 0.464 e. The Kier molecular flexibility index (Phi) is 5.37. The molecule has 0 spiro atoms. The van der Waals surface area contributed by atoms with Crippen molar-refractivity contribution in [1.82, 2.24) is 4.98 Å². The first-order valence-corrected chi connectivity index (χ1v) is 11.5. The van der Waals surface area contributed by atoms with Crippen LogP contribution in [0.4, 0.5) is 0 Å². The number of aromatic amines is 1. The van der Waals surface area contributed by atoms with Crippen LogP contribution in [0.1, 0.15) is 21.6 Å². The van der Waals surface area contributed by atoms with Gasteiger partial charge < -0.3 is 14.3 Å². The van der Waals surface area contributed by atoms with Crippen LogP contribution in [0.2, 0.25) is 0 Å². The first-order valence-electron chi connectivity index (χ1n) is 9.45. The molecule has 0 aliphatic heterocycles. The van der Waals surface area contributed by atoms with Gasteiger partial charge in [-0.25, -0.2) is 4.79 Å². The molecule has 0 amide bonds. The van der Waals surface area contributed by atoms with Crippen LogP contribution in [0.3, 0.4) is 0 Å². The summed E-state index contributed by atoms with van der Waals surface area (Å²) in [5.74, 6) is -0.417. The highest BCUT2D eigenvalue weighted by Gasteiger charge is 2.26. The molecular weight excluding hydrogens is 381 g/mol. The van der Waals surface area contributed by atoms with Gasteiger partial charge in [-0.05, 0) is 35.4 Å². The summed E-state index contributed by atoms with van der Waals surface area (Å²) in [5.41, 5.74) is 3.31. The molecule has 5 heteroatoms.